The van der Waals surface area contributed by atoms with Crippen molar-refractivity contribution in [1.82, 2.24) is 0 Å². The summed E-state index contributed by atoms with van der Waals surface area (Å²) in [7, 11) is -4.26. The first-order valence-electron chi connectivity index (χ1n) is 25.0. The van der Waals surface area contributed by atoms with Gasteiger partial charge in [0.25, 0.3) is 0 Å². The molecule has 0 unspecified atom stereocenters. The molecule has 0 radical (unpaired) electrons. The molecule has 6 nitrogen and oxygen atoms in total. The third kappa shape index (κ3) is 6.93. The molecule has 74 heavy (non-hydrogen) atoms. The Labute approximate surface area is 428 Å². The van der Waals surface area contributed by atoms with Crippen LogP contribution >= 0.6 is 16.5 Å². The maximum atomic E-state index is 7.48. The summed E-state index contributed by atoms with van der Waals surface area (Å²) < 4.78 is 43.8. The van der Waals surface area contributed by atoms with Gasteiger partial charge in [-0.2, -0.15) is 0 Å². The summed E-state index contributed by atoms with van der Waals surface area (Å²) >= 11 is 0. The molecule has 0 bridgehead atoms. The van der Waals surface area contributed by atoms with Crippen molar-refractivity contribution >= 4 is 125 Å². The molecule has 8 heteroatoms. The topological polar surface area (TPSA) is 71.0 Å². The van der Waals surface area contributed by atoms with Gasteiger partial charge in [-0.3, -0.25) is 0 Å². The van der Waals surface area contributed by atoms with Gasteiger partial charge >= 0.3 is 16.5 Å². The highest BCUT2D eigenvalue weighted by Gasteiger charge is 2.27. The van der Waals surface area contributed by atoms with Gasteiger partial charge in [0.05, 0.1) is 0 Å². The Kier molecular flexibility index (Phi) is 10.2. The molecule has 0 aliphatic heterocycles. The van der Waals surface area contributed by atoms with Crippen molar-refractivity contribution in [2.75, 3.05) is 0 Å². The van der Waals surface area contributed by atoms with Gasteiger partial charge < -0.3 is 25.8 Å². The van der Waals surface area contributed by atoms with E-state index < -0.39 is 16.5 Å². The molecule has 0 saturated carbocycles. The Bertz CT molecular complexity index is 4300. The van der Waals surface area contributed by atoms with Crippen molar-refractivity contribution in [2.45, 2.75) is 41.5 Å². The van der Waals surface area contributed by atoms with E-state index >= 15 is 0 Å². The fraction of sp³-hybridized carbons (Fsp3) is 0.0909. The molecule has 0 fully saturated rings. The summed E-state index contributed by atoms with van der Waals surface area (Å²) in [6.07, 6.45) is 0. The molecule has 0 aliphatic carbocycles. The zero-order valence-corrected chi connectivity index (χ0v) is 43.5. The minimum atomic E-state index is -2.13. The number of hydrogen-bond donors (Lipinski definition) is 0. The van der Waals surface area contributed by atoms with Crippen LogP contribution in [0.2, 0.25) is 0 Å². The van der Waals surface area contributed by atoms with Crippen LogP contribution in [-0.2, 0) is 0 Å². The minimum Gasteiger partial charge on any atom is -0.390 e. The van der Waals surface area contributed by atoms with Gasteiger partial charge in [0.1, 0.15) is 33.8 Å². The van der Waals surface area contributed by atoms with Crippen molar-refractivity contribution in [3.8, 4) is 22.6 Å². The van der Waals surface area contributed by atoms with Gasteiger partial charge in [0, 0.05) is 32.7 Å². The number of hydrogen-bond acceptors (Lipinski definition) is 6. The lowest BCUT2D eigenvalue weighted by atomic mass is 9.89. The van der Waals surface area contributed by atoms with E-state index in [1.54, 1.807) is 0 Å². The summed E-state index contributed by atoms with van der Waals surface area (Å²) in [4.78, 5) is 0. The average Bonchev–Trinajstić information content (AvgIpc) is 3.71. The first-order chi connectivity index (χ1) is 36.2. The molecule has 12 aromatic carbocycles. The van der Waals surface area contributed by atoms with Crippen LogP contribution in [0.3, 0.4) is 0 Å². The minimum absolute atomic E-state index is 0.632. The van der Waals surface area contributed by atoms with Crippen LogP contribution in [0.4, 0.5) is 0 Å². The van der Waals surface area contributed by atoms with Crippen LogP contribution in [0.25, 0.3) is 120 Å². The second-order valence-corrected chi connectivity index (χ2v) is 21.7. The van der Waals surface area contributed by atoms with Crippen molar-refractivity contribution in [2.24, 2.45) is 0 Å². The SMILES string of the molecule is Cc1cc2ccccc2c(-c2c(Op3oc4c(C)cc5ccccc5c4c4c(o3)c(C)cc3ccccc34)c(C)cc3ccccc23)c1Op1oc2c(C)cc3ccccc3c2c2c(o1)c(C)cc1ccccc12. The average molecular weight is 999 g/mol. The van der Waals surface area contributed by atoms with Gasteiger partial charge in [-0.25, -0.2) is 0 Å². The number of benzene rings is 12. The molecule has 14 aromatic rings. The van der Waals surface area contributed by atoms with Crippen LogP contribution in [0.1, 0.15) is 33.4 Å². The Balaban J connectivity index is 1.07. The highest BCUT2D eigenvalue weighted by molar-refractivity contribution is 7.32. The van der Waals surface area contributed by atoms with Crippen LogP contribution in [0.15, 0.2) is 199 Å². The molecular formula is C66H48O6P2. The Morgan fingerprint density at radius 3 is 0.757 bits per heavy atom. The molecule has 2 aromatic heterocycles. The van der Waals surface area contributed by atoms with Crippen molar-refractivity contribution in [3.63, 3.8) is 0 Å². The van der Waals surface area contributed by atoms with Gasteiger partial charge in [-0.05, 0) is 176 Å². The van der Waals surface area contributed by atoms with Crippen LogP contribution in [-0.4, -0.2) is 0 Å². The predicted molar refractivity (Wildman–Crippen MR) is 310 cm³/mol. The number of rotatable bonds is 5. The fourth-order valence-electron chi connectivity index (χ4n) is 11.6. The highest BCUT2D eigenvalue weighted by Crippen LogP contribution is 2.54. The van der Waals surface area contributed by atoms with Crippen molar-refractivity contribution in [3.05, 3.63) is 215 Å². The lowest BCUT2D eigenvalue weighted by Gasteiger charge is -2.20. The van der Waals surface area contributed by atoms with E-state index in [1.165, 1.54) is 0 Å². The summed E-state index contributed by atoms with van der Waals surface area (Å²) in [6, 6.07) is 64.2. The lowest BCUT2D eigenvalue weighted by Crippen LogP contribution is -1.97. The molecule has 358 valence electrons. The third-order valence-electron chi connectivity index (χ3n) is 14.9. The van der Waals surface area contributed by atoms with E-state index in [9.17, 15) is 0 Å². The highest BCUT2D eigenvalue weighted by atomic mass is 31.1. The van der Waals surface area contributed by atoms with E-state index in [0.717, 1.165) is 153 Å². The van der Waals surface area contributed by atoms with Gasteiger partial charge in [-0.15, -0.1) is 0 Å². The number of fused-ring (bicyclic) bond motifs is 16. The fourth-order valence-corrected chi connectivity index (χ4v) is 14.1. The molecule has 0 N–H and O–H groups in total. The van der Waals surface area contributed by atoms with Gasteiger partial charge in [0.15, 0.2) is 0 Å². The van der Waals surface area contributed by atoms with E-state index in [2.05, 4.69) is 224 Å². The molecule has 0 aliphatic rings. The first-order valence-corrected chi connectivity index (χ1v) is 27.2. The molecule has 0 spiro atoms. The van der Waals surface area contributed by atoms with E-state index in [1.807, 2.05) is 0 Å². The van der Waals surface area contributed by atoms with Crippen molar-refractivity contribution < 1.29 is 25.8 Å². The van der Waals surface area contributed by atoms with Crippen molar-refractivity contribution in [1.29, 1.82) is 0 Å². The number of aryl methyl sites for hydroxylation is 6. The second-order valence-electron chi connectivity index (χ2n) is 19.7. The van der Waals surface area contributed by atoms with Gasteiger partial charge in [-0.1, -0.05) is 146 Å². The smallest absolute Gasteiger partial charge is 0.390 e. The second kappa shape index (κ2) is 17.1. The molecule has 14 rings (SSSR count). The molecule has 2 heterocycles. The zero-order chi connectivity index (χ0) is 49.9. The Hall–Kier alpha value is -8.40. The normalized spacial score (nSPS) is 11.9. The largest absolute Gasteiger partial charge is 0.453 e. The Morgan fingerprint density at radius 1 is 0.270 bits per heavy atom. The van der Waals surface area contributed by atoms with E-state index in [0.29, 0.717) is 11.5 Å². The first kappa shape index (κ1) is 44.3. The van der Waals surface area contributed by atoms with E-state index in [-0.39, 0.29) is 0 Å². The molecular weight excluding hydrogens is 951 g/mol. The summed E-state index contributed by atoms with van der Waals surface area (Å²) in [5.41, 5.74) is 10.5. The summed E-state index contributed by atoms with van der Waals surface area (Å²) in [5, 5.41) is 16.9. The molecule has 0 saturated heterocycles. The van der Waals surface area contributed by atoms with Crippen LogP contribution in [0, 0.1) is 41.5 Å². The molecule has 0 amide bonds. The maximum absolute atomic E-state index is 7.48. The zero-order valence-electron chi connectivity index (χ0n) is 41.7. The Morgan fingerprint density at radius 2 is 0.486 bits per heavy atom. The monoisotopic (exact) mass is 998 g/mol. The van der Waals surface area contributed by atoms with Crippen LogP contribution in [0.5, 0.6) is 11.5 Å². The predicted octanol–water partition coefficient (Wildman–Crippen LogP) is 21.0. The van der Waals surface area contributed by atoms with Gasteiger partial charge in [0.2, 0.25) is 0 Å². The third-order valence-corrected chi connectivity index (χ3v) is 16.9. The summed E-state index contributed by atoms with van der Waals surface area (Å²) in [5.74, 6) is 1.26. The summed E-state index contributed by atoms with van der Waals surface area (Å²) in [6.45, 7) is 12.7. The van der Waals surface area contributed by atoms with E-state index in [4.69, 9.17) is 25.8 Å². The quantitative estimate of drug-likeness (QED) is 0.171. The lowest BCUT2D eigenvalue weighted by molar-refractivity contribution is 0.491. The standard InChI is InChI=1S/C66H48O6P2/c1-37-31-43-19-7-13-25-49(43)55-56-50-26-14-8-20-44(50)32-38(2)62(56)68-73(67-61(37)55)71-65-41(5)35-47-23-11-17-29-53(47)59(65)60-54-30-18-12-24-48(54)36-42(6)66(60)72-74-69-63-39(3)33-45-21-9-15-27-51(45)57(63)58-52-28-16-10-22-46(52)34-40(4)64(58)70-74/h7-36H,1-6H3. The maximum Gasteiger partial charge on any atom is 0.453 e. The van der Waals surface area contributed by atoms with Crippen LogP contribution < -0.4 is 9.05 Å². The molecule has 0 atom stereocenters.